The Balaban J connectivity index is 2.72. The second kappa shape index (κ2) is 6.44. The topological polar surface area (TPSA) is 67.2 Å². The Hall–Kier alpha value is -1.49. The van der Waals surface area contributed by atoms with Gasteiger partial charge in [0.05, 0.1) is 16.4 Å². The van der Waals surface area contributed by atoms with Crippen LogP contribution in [0.15, 0.2) is 12.1 Å². The van der Waals surface area contributed by atoms with E-state index >= 15 is 0 Å². The van der Waals surface area contributed by atoms with Crippen LogP contribution in [0.25, 0.3) is 0 Å². The first-order chi connectivity index (χ1) is 8.45. The Morgan fingerprint density at radius 3 is 2.83 bits per heavy atom. The lowest BCUT2D eigenvalue weighted by atomic mass is 10.2. The molecule has 1 aromatic carbocycles. The van der Waals surface area contributed by atoms with Gasteiger partial charge in [-0.15, -0.1) is 0 Å². The number of nitrogens with two attached hydrogens (primary N) is 1. The van der Waals surface area contributed by atoms with Crippen molar-refractivity contribution < 1.29 is 9.18 Å². The number of rotatable bonds is 5. The van der Waals surface area contributed by atoms with Gasteiger partial charge in [-0.3, -0.25) is 4.79 Å². The van der Waals surface area contributed by atoms with E-state index in [1.807, 2.05) is 6.92 Å². The zero-order valence-electron chi connectivity index (χ0n) is 10.4. The molecule has 0 saturated heterocycles. The van der Waals surface area contributed by atoms with E-state index in [0.717, 1.165) is 6.42 Å². The van der Waals surface area contributed by atoms with Crippen molar-refractivity contribution in [1.29, 1.82) is 0 Å². The van der Waals surface area contributed by atoms with E-state index in [1.165, 1.54) is 12.1 Å². The van der Waals surface area contributed by atoms with Crippen LogP contribution in [-0.2, 0) is 4.79 Å². The highest BCUT2D eigenvalue weighted by Gasteiger charge is 2.14. The first-order valence-electron chi connectivity index (χ1n) is 5.74. The molecule has 0 heterocycles. The molecule has 0 fully saturated rings. The molecular formula is C12H17ClFN3O. The zero-order chi connectivity index (χ0) is 13.7. The van der Waals surface area contributed by atoms with E-state index < -0.39 is 11.9 Å². The summed E-state index contributed by atoms with van der Waals surface area (Å²) in [6.07, 6.45) is 0.857. The molecular weight excluding hydrogens is 257 g/mol. The van der Waals surface area contributed by atoms with Gasteiger partial charge < -0.3 is 16.4 Å². The van der Waals surface area contributed by atoms with E-state index in [-0.39, 0.29) is 10.9 Å². The van der Waals surface area contributed by atoms with Gasteiger partial charge in [0.15, 0.2) is 0 Å². The van der Waals surface area contributed by atoms with Gasteiger partial charge in [-0.1, -0.05) is 18.5 Å². The van der Waals surface area contributed by atoms with Gasteiger partial charge in [0.1, 0.15) is 11.9 Å². The molecule has 4 N–H and O–H groups in total. The highest BCUT2D eigenvalue weighted by atomic mass is 35.5. The van der Waals surface area contributed by atoms with E-state index in [1.54, 1.807) is 6.92 Å². The van der Waals surface area contributed by atoms with Crippen LogP contribution < -0.4 is 16.4 Å². The van der Waals surface area contributed by atoms with Crippen molar-refractivity contribution in [3.05, 3.63) is 23.0 Å². The lowest BCUT2D eigenvalue weighted by molar-refractivity contribution is -0.121. The second-order valence-electron chi connectivity index (χ2n) is 4.01. The van der Waals surface area contributed by atoms with Crippen LogP contribution in [0, 0.1) is 5.82 Å². The standard InChI is InChI=1S/C12H17ClFN3O/c1-3-4-16-12(18)7(2)17-11-6-9(14)8(13)5-10(11)15/h5-7,17H,3-4,15H2,1-2H3,(H,16,18). The van der Waals surface area contributed by atoms with E-state index in [4.69, 9.17) is 17.3 Å². The quantitative estimate of drug-likeness (QED) is 0.722. The molecule has 1 aromatic rings. The zero-order valence-corrected chi connectivity index (χ0v) is 11.1. The Labute approximate surface area is 111 Å². The second-order valence-corrected chi connectivity index (χ2v) is 4.42. The summed E-state index contributed by atoms with van der Waals surface area (Å²) in [5.41, 5.74) is 6.35. The Bertz CT molecular complexity index is 440. The maximum absolute atomic E-state index is 13.3. The van der Waals surface area contributed by atoms with Crippen LogP contribution in [0.1, 0.15) is 20.3 Å². The van der Waals surface area contributed by atoms with Crippen LogP contribution in [-0.4, -0.2) is 18.5 Å². The Morgan fingerprint density at radius 1 is 1.56 bits per heavy atom. The van der Waals surface area contributed by atoms with Gasteiger partial charge in [0.2, 0.25) is 5.91 Å². The Morgan fingerprint density at radius 2 is 2.22 bits per heavy atom. The maximum Gasteiger partial charge on any atom is 0.242 e. The molecule has 1 amide bonds. The molecule has 0 aliphatic heterocycles. The predicted molar refractivity (Wildman–Crippen MR) is 72.2 cm³/mol. The highest BCUT2D eigenvalue weighted by Crippen LogP contribution is 2.26. The molecule has 0 aliphatic carbocycles. The third-order valence-electron chi connectivity index (χ3n) is 2.41. The smallest absolute Gasteiger partial charge is 0.242 e. The Kier molecular flexibility index (Phi) is 5.22. The summed E-state index contributed by atoms with van der Waals surface area (Å²) in [4.78, 5) is 11.6. The number of carbonyl (C=O) groups excluding carboxylic acids is 1. The normalized spacial score (nSPS) is 12.0. The van der Waals surface area contributed by atoms with Crippen molar-refractivity contribution in [2.45, 2.75) is 26.3 Å². The number of halogens is 2. The van der Waals surface area contributed by atoms with Crippen molar-refractivity contribution >= 4 is 28.9 Å². The fraction of sp³-hybridized carbons (Fsp3) is 0.417. The molecule has 6 heteroatoms. The molecule has 4 nitrogen and oxygen atoms in total. The minimum absolute atomic E-state index is 0.0406. The van der Waals surface area contributed by atoms with Crippen LogP contribution in [0.4, 0.5) is 15.8 Å². The predicted octanol–water partition coefficient (Wildman–Crippen LogP) is 2.39. The SMILES string of the molecule is CCCNC(=O)C(C)Nc1cc(F)c(Cl)cc1N. The molecule has 1 rings (SSSR count). The van der Waals surface area contributed by atoms with Crippen molar-refractivity contribution in [1.82, 2.24) is 5.32 Å². The minimum Gasteiger partial charge on any atom is -0.397 e. The summed E-state index contributed by atoms with van der Waals surface area (Å²) in [7, 11) is 0. The molecule has 18 heavy (non-hydrogen) atoms. The number of hydrogen-bond donors (Lipinski definition) is 3. The summed E-state index contributed by atoms with van der Waals surface area (Å²) < 4.78 is 13.3. The molecule has 0 radical (unpaired) electrons. The van der Waals surface area contributed by atoms with Gasteiger partial charge in [0, 0.05) is 12.6 Å². The molecule has 0 aliphatic rings. The summed E-state index contributed by atoms with van der Waals surface area (Å²) in [6.45, 7) is 4.25. The van der Waals surface area contributed by atoms with E-state index in [0.29, 0.717) is 17.9 Å². The van der Waals surface area contributed by atoms with Crippen LogP contribution >= 0.6 is 11.6 Å². The summed E-state index contributed by atoms with van der Waals surface area (Å²) in [5.74, 6) is -0.735. The molecule has 1 atom stereocenters. The fourth-order valence-electron chi connectivity index (χ4n) is 1.39. The summed E-state index contributed by atoms with van der Waals surface area (Å²) in [6, 6.07) is 2.00. The van der Waals surface area contributed by atoms with E-state index in [9.17, 15) is 9.18 Å². The first kappa shape index (κ1) is 14.6. The van der Waals surface area contributed by atoms with Gasteiger partial charge >= 0.3 is 0 Å². The number of benzene rings is 1. The molecule has 1 unspecified atom stereocenters. The minimum atomic E-state index is -0.575. The maximum atomic E-state index is 13.3. The molecule has 0 bridgehead atoms. The van der Waals surface area contributed by atoms with Crippen molar-refractivity contribution in [2.75, 3.05) is 17.6 Å². The number of anilines is 2. The third kappa shape index (κ3) is 3.77. The average molecular weight is 274 g/mol. The lowest BCUT2D eigenvalue weighted by Gasteiger charge is -2.16. The molecule has 100 valence electrons. The fourth-order valence-corrected chi connectivity index (χ4v) is 1.56. The largest absolute Gasteiger partial charge is 0.397 e. The number of nitrogens with one attached hydrogen (secondary N) is 2. The monoisotopic (exact) mass is 273 g/mol. The van der Waals surface area contributed by atoms with Crippen molar-refractivity contribution in [2.24, 2.45) is 0 Å². The summed E-state index contributed by atoms with van der Waals surface area (Å²) >= 11 is 5.59. The number of hydrogen-bond acceptors (Lipinski definition) is 3. The molecule has 0 saturated carbocycles. The highest BCUT2D eigenvalue weighted by molar-refractivity contribution is 6.31. The van der Waals surface area contributed by atoms with Gasteiger partial charge in [-0.2, -0.15) is 0 Å². The van der Waals surface area contributed by atoms with Gasteiger partial charge in [0.25, 0.3) is 0 Å². The number of amides is 1. The lowest BCUT2D eigenvalue weighted by Crippen LogP contribution is -2.38. The third-order valence-corrected chi connectivity index (χ3v) is 2.70. The van der Waals surface area contributed by atoms with Crippen LogP contribution in [0.5, 0.6) is 0 Å². The average Bonchev–Trinajstić information content (AvgIpc) is 2.32. The van der Waals surface area contributed by atoms with Crippen LogP contribution in [0.2, 0.25) is 5.02 Å². The first-order valence-corrected chi connectivity index (χ1v) is 6.12. The van der Waals surface area contributed by atoms with Crippen LogP contribution in [0.3, 0.4) is 0 Å². The summed E-state index contributed by atoms with van der Waals surface area (Å²) in [5, 5.41) is 5.55. The number of carbonyl (C=O) groups is 1. The molecule has 0 aromatic heterocycles. The van der Waals surface area contributed by atoms with E-state index in [2.05, 4.69) is 10.6 Å². The van der Waals surface area contributed by atoms with Crippen molar-refractivity contribution in [3.63, 3.8) is 0 Å². The number of nitrogen functional groups attached to an aromatic ring is 1. The molecule has 0 spiro atoms. The van der Waals surface area contributed by atoms with Gasteiger partial charge in [-0.05, 0) is 19.4 Å². The van der Waals surface area contributed by atoms with Gasteiger partial charge in [-0.25, -0.2) is 4.39 Å². The van der Waals surface area contributed by atoms with Crippen molar-refractivity contribution in [3.8, 4) is 0 Å².